The number of oxime groups is 1. The summed E-state index contributed by atoms with van der Waals surface area (Å²) >= 11 is 2.52. The first-order valence-electron chi connectivity index (χ1n) is 11.3. The van der Waals surface area contributed by atoms with Gasteiger partial charge in [-0.15, -0.1) is 23.1 Å². The number of anilines is 1. The zero-order valence-corrected chi connectivity index (χ0v) is 22.7. The number of carbonyl (C=O) groups excluding carboxylic acids is 4. The van der Waals surface area contributed by atoms with E-state index in [4.69, 9.17) is 20.0 Å². The molecule has 2 aliphatic rings. The molecule has 2 aliphatic heterocycles. The van der Waals surface area contributed by atoms with Crippen LogP contribution in [-0.2, 0) is 33.5 Å². The summed E-state index contributed by atoms with van der Waals surface area (Å²) in [5.41, 5.74) is 5.61. The second kappa shape index (κ2) is 11.8. The summed E-state index contributed by atoms with van der Waals surface area (Å²) in [7, 11) is 1.28. The Balaban J connectivity index is 1.76. The predicted octanol–water partition coefficient (Wildman–Crippen LogP) is 1.79. The Morgan fingerprint density at radius 1 is 1.32 bits per heavy atom. The molecule has 1 unspecified atom stereocenters. The molecule has 0 spiro atoms. The molecule has 12 nitrogen and oxygen atoms in total. The lowest BCUT2D eigenvalue weighted by molar-refractivity contribution is -0.173. The minimum Gasteiger partial charge on any atom is -0.427 e. The van der Waals surface area contributed by atoms with Gasteiger partial charge in [0.2, 0.25) is 6.79 Å². The molecule has 3 heterocycles. The number of carbonyl (C=O) groups is 4. The zero-order valence-electron chi connectivity index (χ0n) is 21.1. The lowest BCUT2D eigenvalue weighted by atomic mass is 9.98. The number of esters is 2. The smallest absolute Gasteiger partial charge is 0.358 e. The molecule has 0 aromatic carbocycles. The van der Waals surface area contributed by atoms with Gasteiger partial charge in [0.15, 0.2) is 10.8 Å². The molecule has 3 rings (SSSR count). The number of nitrogen functional groups attached to an aromatic ring is 1. The maximum absolute atomic E-state index is 13.1. The molecule has 37 heavy (non-hydrogen) atoms. The normalized spacial score (nSPS) is 19.9. The summed E-state index contributed by atoms with van der Waals surface area (Å²) in [4.78, 5) is 61.2. The summed E-state index contributed by atoms with van der Waals surface area (Å²) in [6.07, 6.45) is 4.34. The second-order valence-electron chi connectivity index (χ2n) is 8.97. The highest BCUT2D eigenvalue weighted by Gasteiger charge is 2.54. The van der Waals surface area contributed by atoms with Crippen LogP contribution >= 0.6 is 23.1 Å². The molecule has 1 aromatic heterocycles. The maximum Gasteiger partial charge on any atom is 0.358 e. The number of aromatic nitrogens is 1. The fraction of sp³-hybridized carbons (Fsp3) is 0.478. The van der Waals surface area contributed by atoms with Gasteiger partial charge in [-0.25, -0.2) is 9.78 Å². The molecule has 0 bridgehead atoms. The highest BCUT2D eigenvalue weighted by molar-refractivity contribution is 8.00. The van der Waals surface area contributed by atoms with Crippen LogP contribution in [0, 0.1) is 5.41 Å². The Hall–Kier alpha value is -3.39. The number of β-lactam (4-membered cyclic amide) rings is 1. The number of hydrogen-bond acceptors (Lipinski definition) is 12. The third-order valence-corrected chi connectivity index (χ3v) is 7.16. The van der Waals surface area contributed by atoms with E-state index in [-0.39, 0.29) is 22.2 Å². The van der Waals surface area contributed by atoms with Crippen molar-refractivity contribution in [1.82, 2.24) is 15.2 Å². The quantitative estimate of drug-likeness (QED) is 0.152. The standard InChI is InChI=1S/C23H29N5O7S2/c1-6-7-8-12-9-36-19-15(26-17(29)14(27-33-5)13-10-37-22(24)25-13)18(30)28(19)16(12)20(31)34-11-35-21(32)23(2,3)4/h7-8,10,15,19H,6,9,11H2,1-5H3,(H2,24,25)(H,26,29)/b8-7-,27-14-/t15?,19-/m1/s1. The third kappa shape index (κ3) is 6.31. The number of hydrogen-bond donors (Lipinski definition) is 2. The van der Waals surface area contributed by atoms with E-state index in [1.165, 1.54) is 23.8 Å². The number of fused-ring (bicyclic) bond motifs is 1. The number of ether oxygens (including phenoxy) is 2. The van der Waals surface area contributed by atoms with Gasteiger partial charge in [0.25, 0.3) is 11.8 Å². The van der Waals surface area contributed by atoms with Gasteiger partial charge in [-0.2, -0.15) is 0 Å². The predicted molar refractivity (Wildman–Crippen MR) is 138 cm³/mol. The largest absolute Gasteiger partial charge is 0.427 e. The lowest BCUT2D eigenvalue weighted by Crippen LogP contribution is -2.71. The molecule has 0 aliphatic carbocycles. The van der Waals surface area contributed by atoms with Crippen molar-refractivity contribution in [2.24, 2.45) is 10.6 Å². The second-order valence-corrected chi connectivity index (χ2v) is 11.0. The number of nitrogens with zero attached hydrogens (tertiary/aromatic N) is 3. The Bertz CT molecular complexity index is 1170. The molecule has 1 saturated heterocycles. The van der Waals surface area contributed by atoms with Crippen LogP contribution in [0.5, 0.6) is 0 Å². The van der Waals surface area contributed by atoms with Crippen LogP contribution in [0.4, 0.5) is 5.13 Å². The fourth-order valence-corrected chi connectivity index (χ4v) is 5.21. The number of thioether (sulfide) groups is 1. The maximum atomic E-state index is 13.1. The molecular weight excluding hydrogens is 522 g/mol. The van der Waals surface area contributed by atoms with Gasteiger partial charge in [-0.05, 0) is 32.8 Å². The molecule has 0 saturated carbocycles. The molecule has 2 amide bonds. The number of amides is 2. The first-order chi connectivity index (χ1) is 17.5. The van der Waals surface area contributed by atoms with E-state index < -0.39 is 47.4 Å². The van der Waals surface area contributed by atoms with Gasteiger partial charge in [-0.1, -0.05) is 24.2 Å². The summed E-state index contributed by atoms with van der Waals surface area (Å²) in [6.45, 7) is 6.38. The van der Waals surface area contributed by atoms with E-state index in [0.717, 1.165) is 17.8 Å². The average molecular weight is 552 g/mol. The van der Waals surface area contributed by atoms with Gasteiger partial charge in [-0.3, -0.25) is 19.3 Å². The van der Waals surface area contributed by atoms with Gasteiger partial charge in [0.05, 0.1) is 5.41 Å². The first kappa shape index (κ1) is 28.2. The van der Waals surface area contributed by atoms with Crippen molar-refractivity contribution >= 4 is 57.7 Å². The number of rotatable bonds is 9. The highest BCUT2D eigenvalue weighted by atomic mass is 32.2. The van der Waals surface area contributed by atoms with E-state index in [1.54, 1.807) is 32.2 Å². The van der Waals surface area contributed by atoms with E-state index >= 15 is 0 Å². The van der Waals surface area contributed by atoms with Crippen molar-refractivity contribution in [2.45, 2.75) is 45.5 Å². The van der Waals surface area contributed by atoms with Crippen molar-refractivity contribution in [3.8, 4) is 0 Å². The molecule has 14 heteroatoms. The van der Waals surface area contributed by atoms with Crippen molar-refractivity contribution < 1.29 is 33.5 Å². The Morgan fingerprint density at radius 2 is 2.05 bits per heavy atom. The van der Waals surface area contributed by atoms with Crippen molar-refractivity contribution in [3.05, 3.63) is 34.5 Å². The number of nitrogens with one attached hydrogen (secondary N) is 1. The van der Waals surface area contributed by atoms with Crippen molar-refractivity contribution in [3.63, 3.8) is 0 Å². The van der Waals surface area contributed by atoms with Gasteiger partial charge >= 0.3 is 11.9 Å². The summed E-state index contributed by atoms with van der Waals surface area (Å²) in [5.74, 6) is -2.12. The number of allylic oxidation sites excluding steroid dienone is 2. The molecule has 3 N–H and O–H groups in total. The summed E-state index contributed by atoms with van der Waals surface area (Å²) in [6, 6.07) is -0.922. The number of nitrogens with two attached hydrogens (primary N) is 1. The monoisotopic (exact) mass is 551 g/mol. The lowest BCUT2D eigenvalue weighted by Gasteiger charge is -2.49. The molecule has 1 aromatic rings. The fourth-order valence-electron chi connectivity index (χ4n) is 3.34. The summed E-state index contributed by atoms with van der Waals surface area (Å²) < 4.78 is 10.2. The molecule has 0 radical (unpaired) electrons. The van der Waals surface area contributed by atoms with Crippen LogP contribution in [0.3, 0.4) is 0 Å². The summed E-state index contributed by atoms with van der Waals surface area (Å²) in [5, 5.41) is 7.62. The van der Waals surface area contributed by atoms with Gasteiger partial charge in [0.1, 0.15) is 29.9 Å². The molecule has 2 atom stereocenters. The minimum atomic E-state index is -0.922. The molecular formula is C23H29N5O7S2. The first-order valence-corrected chi connectivity index (χ1v) is 13.2. The Morgan fingerprint density at radius 3 is 2.65 bits per heavy atom. The average Bonchev–Trinajstić information content (AvgIpc) is 3.28. The van der Waals surface area contributed by atoms with Crippen LogP contribution < -0.4 is 11.1 Å². The topological polar surface area (TPSA) is 163 Å². The molecule has 1 fully saturated rings. The van der Waals surface area contributed by atoms with E-state index in [0.29, 0.717) is 11.3 Å². The van der Waals surface area contributed by atoms with E-state index in [2.05, 4.69) is 15.5 Å². The zero-order chi connectivity index (χ0) is 27.3. The van der Waals surface area contributed by atoms with E-state index in [9.17, 15) is 19.2 Å². The van der Waals surface area contributed by atoms with Gasteiger partial charge in [0, 0.05) is 11.1 Å². The Kier molecular flexibility index (Phi) is 8.97. The van der Waals surface area contributed by atoms with Crippen molar-refractivity contribution in [2.75, 3.05) is 25.4 Å². The number of thiazole rings is 1. The van der Waals surface area contributed by atoms with Crippen LogP contribution in [0.1, 0.15) is 39.8 Å². The van der Waals surface area contributed by atoms with Crippen LogP contribution in [0.15, 0.2) is 34.0 Å². The van der Waals surface area contributed by atoms with Crippen molar-refractivity contribution in [1.29, 1.82) is 0 Å². The molecule has 200 valence electrons. The SMILES string of the molecule is CC/C=C\C1=C(C(=O)OCOC(=O)C(C)(C)C)N2C(=O)C(NC(=O)/C(=N\OC)c3csc(N)n3)[C@H]2SC1. The third-order valence-electron chi connectivity index (χ3n) is 5.19. The Labute approximate surface area is 222 Å². The minimum absolute atomic E-state index is 0.0498. The van der Waals surface area contributed by atoms with E-state index in [1.807, 2.05) is 13.0 Å². The van der Waals surface area contributed by atoms with Crippen LogP contribution in [-0.4, -0.2) is 70.4 Å². The highest BCUT2D eigenvalue weighted by Crippen LogP contribution is 2.41. The van der Waals surface area contributed by atoms with Gasteiger partial charge < -0.3 is 25.4 Å². The van der Waals surface area contributed by atoms with Crippen LogP contribution in [0.25, 0.3) is 0 Å². The van der Waals surface area contributed by atoms with Crippen LogP contribution in [0.2, 0.25) is 0 Å².